The van der Waals surface area contributed by atoms with E-state index < -0.39 is 0 Å². The Morgan fingerprint density at radius 2 is 2.10 bits per heavy atom. The summed E-state index contributed by atoms with van der Waals surface area (Å²) in [7, 11) is 0. The highest BCUT2D eigenvalue weighted by Crippen LogP contribution is 2.27. The second kappa shape index (κ2) is 6.93. The summed E-state index contributed by atoms with van der Waals surface area (Å²) in [6, 6.07) is 4.12. The van der Waals surface area contributed by atoms with Gasteiger partial charge in [0.25, 0.3) is 0 Å². The van der Waals surface area contributed by atoms with E-state index in [4.69, 9.17) is 5.10 Å². The van der Waals surface area contributed by atoms with E-state index in [0.29, 0.717) is 18.1 Å². The molecule has 1 aliphatic carbocycles. The Kier molecular flexibility index (Phi) is 4.96. The van der Waals surface area contributed by atoms with Crippen LogP contribution in [0.3, 0.4) is 0 Å². The summed E-state index contributed by atoms with van der Waals surface area (Å²) in [5.41, 5.74) is 1.24. The largest absolute Gasteiger partial charge is 0.311 e. The summed E-state index contributed by atoms with van der Waals surface area (Å²) in [4.78, 5) is 2.61. The van der Waals surface area contributed by atoms with Crippen LogP contribution in [-0.2, 0) is 6.54 Å². The van der Waals surface area contributed by atoms with Gasteiger partial charge in [0, 0.05) is 37.9 Å². The Hall–Kier alpha value is -0.870. The van der Waals surface area contributed by atoms with Crippen molar-refractivity contribution in [1.82, 2.24) is 20.0 Å². The van der Waals surface area contributed by atoms with Crippen molar-refractivity contribution in [2.24, 2.45) is 0 Å². The van der Waals surface area contributed by atoms with Crippen LogP contribution in [0.25, 0.3) is 0 Å². The standard InChI is InChI=1S/C17H30N4/c1-3-16-11-18-14(2)12-20(16)13-15-9-10-21(19-15)17-7-5-4-6-8-17/h9-10,14,16-18H,3-8,11-13H2,1-2H3. The molecule has 2 unspecified atom stereocenters. The second-order valence-corrected chi connectivity index (χ2v) is 6.88. The third kappa shape index (κ3) is 3.67. The van der Waals surface area contributed by atoms with Gasteiger partial charge in [-0.05, 0) is 32.3 Å². The molecule has 0 aromatic carbocycles. The average molecular weight is 290 g/mol. The van der Waals surface area contributed by atoms with Crippen molar-refractivity contribution in [1.29, 1.82) is 0 Å². The van der Waals surface area contributed by atoms with Crippen LogP contribution in [0.2, 0.25) is 0 Å². The van der Waals surface area contributed by atoms with Gasteiger partial charge in [-0.15, -0.1) is 0 Å². The van der Waals surface area contributed by atoms with Crippen LogP contribution in [0.15, 0.2) is 12.3 Å². The number of rotatable bonds is 4. The zero-order chi connectivity index (χ0) is 14.7. The van der Waals surface area contributed by atoms with E-state index in [0.717, 1.165) is 19.6 Å². The quantitative estimate of drug-likeness (QED) is 0.925. The molecule has 4 nitrogen and oxygen atoms in total. The van der Waals surface area contributed by atoms with Gasteiger partial charge in [-0.1, -0.05) is 26.2 Å². The number of nitrogens with one attached hydrogen (secondary N) is 1. The van der Waals surface area contributed by atoms with Crippen LogP contribution in [-0.4, -0.2) is 39.9 Å². The first kappa shape index (κ1) is 15.0. The van der Waals surface area contributed by atoms with Crippen molar-refractivity contribution in [3.05, 3.63) is 18.0 Å². The summed E-state index contributed by atoms with van der Waals surface area (Å²) < 4.78 is 2.24. The molecule has 0 spiro atoms. The first-order chi connectivity index (χ1) is 10.3. The normalized spacial score (nSPS) is 28.9. The zero-order valence-electron chi connectivity index (χ0n) is 13.6. The van der Waals surface area contributed by atoms with Crippen LogP contribution in [0.4, 0.5) is 0 Å². The van der Waals surface area contributed by atoms with Crippen molar-refractivity contribution in [2.45, 2.75) is 77.0 Å². The minimum absolute atomic E-state index is 0.591. The molecule has 0 bridgehead atoms. The number of nitrogens with zero attached hydrogens (tertiary/aromatic N) is 3. The van der Waals surface area contributed by atoms with Crippen LogP contribution in [0.5, 0.6) is 0 Å². The number of hydrogen-bond donors (Lipinski definition) is 1. The molecule has 2 heterocycles. The van der Waals surface area contributed by atoms with E-state index in [-0.39, 0.29) is 0 Å². The fourth-order valence-corrected chi connectivity index (χ4v) is 3.85. The molecule has 3 rings (SSSR count). The third-order valence-electron chi connectivity index (χ3n) is 5.18. The molecule has 21 heavy (non-hydrogen) atoms. The minimum Gasteiger partial charge on any atom is -0.311 e. The first-order valence-electron chi connectivity index (χ1n) is 8.77. The van der Waals surface area contributed by atoms with Gasteiger partial charge < -0.3 is 5.32 Å². The third-order valence-corrected chi connectivity index (χ3v) is 5.18. The average Bonchev–Trinajstić information content (AvgIpc) is 2.97. The highest BCUT2D eigenvalue weighted by molar-refractivity contribution is 5.01. The van der Waals surface area contributed by atoms with Crippen molar-refractivity contribution >= 4 is 0 Å². The SMILES string of the molecule is CCC1CNC(C)CN1Cc1ccn(C2CCCCC2)n1. The minimum atomic E-state index is 0.591. The van der Waals surface area contributed by atoms with Gasteiger partial charge in [0.15, 0.2) is 0 Å². The van der Waals surface area contributed by atoms with Gasteiger partial charge in [-0.3, -0.25) is 9.58 Å². The Balaban J connectivity index is 1.62. The zero-order valence-corrected chi connectivity index (χ0v) is 13.6. The molecule has 1 aliphatic heterocycles. The fourth-order valence-electron chi connectivity index (χ4n) is 3.85. The lowest BCUT2D eigenvalue weighted by atomic mass is 9.96. The van der Waals surface area contributed by atoms with Gasteiger partial charge in [-0.25, -0.2) is 0 Å². The Morgan fingerprint density at radius 3 is 2.86 bits per heavy atom. The first-order valence-corrected chi connectivity index (χ1v) is 8.77. The molecule has 1 saturated carbocycles. The summed E-state index contributed by atoms with van der Waals surface area (Å²) in [6.07, 6.45) is 10.2. The van der Waals surface area contributed by atoms with Gasteiger partial charge in [0.2, 0.25) is 0 Å². The molecular formula is C17H30N4. The van der Waals surface area contributed by atoms with E-state index in [2.05, 4.69) is 41.0 Å². The van der Waals surface area contributed by atoms with Crippen LogP contribution >= 0.6 is 0 Å². The number of hydrogen-bond acceptors (Lipinski definition) is 3. The van der Waals surface area contributed by atoms with Gasteiger partial charge >= 0.3 is 0 Å². The lowest BCUT2D eigenvalue weighted by Gasteiger charge is -2.38. The van der Waals surface area contributed by atoms with Gasteiger partial charge in [0.05, 0.1) is 11.7 Å². The van der Waals surface area contributed by atoms with Crippen LogP contribution in [0.1, 0.15) is 64.1 Å². The molecule has 1 aromatic rings. The van der Waals surface area contributed by atoms with Crippen LogP contribution in [0, 0.1) is 0 Å². The van der Waals surface area contributed by atoms with Crippen molar-refractivity contribution in [3.8, 4) is 0 Å². The predicted molar refractivity (Wildman–Crippen MR) is 86.3 cm³/mol. The molecule has 2 aliphatic rings. The van der Waals surface area contributed by atoms with E-state index in [1.165, 1.54) is 44.2 Å². The molecule has 1 N–H and O–H groups in total. The Bertz CT molecular complexity index is 436. The lowest BCUT2D eigenvalue weighted by molar-refractivity contribution is 0.122. The molecule has 2 fully saturated rings. The van der Waals surface area contributed by atoms with Crippen molar-refractivity contribution < 1.29 is 0 Å². The van der Waals surface area contributed by atoms with E-state index >= 15 is 0 Å². The molecule has 0 amide bonds. The highest BCUT2D eigenvalue weighted by atomic mass is 15.3. The fraction of sp³-hybridized carbons (Fsp3) is 0.824. The molecule has 1 saturated heterocycles. The second-order valence-electron chi connectivity index (χ2n) is 6.88. The van der Waals surface area contributed by atoms with E-state index in [9.17, 15) is 0 Å². The Labute approximate surface area is 128 Å². The molecule has 1 aromatic heterocycles. The Morgan fingerprint density at radius 1 is 1.29 bits per heavy atom. The van der Waals surface area contributed by atoms with Crippen molar-refractivity contribution in [2.75, 3.05) is 13.1 Å². The molecule has 118 valence electrons. The van der Waals surface area contributed by atoms with Gasteiger partial charge in [-0.2, -0.15) is 5.10 Å². The van der Waals surface area contributed by atoms with Gasteiger partial charge in [0.1, 0.15) is 0 Å². The molecule has 0 radical (unpaired) electrons. The number of piperazine rings is 1. The topological polar surface area (TPSA) is 33.1 Å². The summed E-state index contributed by atoms with van der Waals surface area (Å²) in [5, 5.41) is 8.46. The van der Waals surface area contributed by atoms with E-state index in [1.54, 1.807) is 0 Å². The predicted octanol–water partition coefficient (Wildman–Crippen LogP) is 2.96. The van der Waals surface area contributed by atoms with Crippen LogP contribution < -0.4 is 5.32 Å². The van der Waals surface area contributed by atoms with Crippen molar-refractivity contribution in [3.63, 3.8) is 0 Å². The summed E-state index contributed by atoms with van der Waals surface area (Å²) >= 11 is 0. The maximum atomic E-state index is 4.88. The maximum Gasteiger partial charge on any atom is 0.0765 e. The number of aromatic nitrogens is 2. The monoisotopic (exact) mass is 290 g/mol. The highest BCUT2D eigenvalue weighted by Gasteiger charge is 2.25. The summed E-state index contributed by atoms with van der Waals surface area (Å²) in [5.74, 6) is 0. The summed E-state index contributed by atoms with van der Waals surface area (Å²) in [6.45, 7) is 7.81. The maximum absolute atomic E-state index is 4.88. The smallest absolute Gasteiger partial charge is 0.0765 e. The molecule has 2 atom stereocenters. The van der Waals surface area contributed by atoms with E-state index in [1.807, 2.05) is 0 Å². The molecule has 4 heteroatoms. The molecular weight excluding hydrogens is 260 g/mol. The lowest BCUT2D eigenvalue weighted by Crippen LogP contribution is -2.54.